The molecule has 0 aliphatic heterocycles. The van der Waals surface area contributed by atoms with Crippen molar-refractivity contribution < 1.29 is 9.18 Å². The van der Waals surface area contributed by atoms with Gasteiger partial charge >= 0.3 is 0 Å². The molecule has 0 unspecified atom stereocenters. The lowest BCUT2D eigenvalue weighted by atomic mass is 10.2. The number of aryl methyl sites for hydroxylation is 1. The molecule has 0 radical (unpaired) electrons. The molecular weight excluding hydrogens is 255 g/mol. The van der Waals surface area contributed by atoms with Gasteiger partial charge in [0, 0.05) is 10.7 Å². The smallest absolute Gasteiger partial charge is 0.153 e. The lowest BCUT2D eigenvalue weighted by molar-refractivity contribution is 0.112. The predicted molar refractivity (Wildman–Crippen MR) is 67.6 cm³/mol. The molecule has 0 N–H and O–H groups in total. The Balaban J connectivity index is 2.37. The van der Waals surface area contributed by atoms with Gasteiger partial charge in [0.1, 0.15) is 5.82 Å². The maximum Gasteiger partial charge on any atom is 0.153 e. The fraction of sp³-hybridized carbons (Fsp3) is 0.231. The second-order valence-corrected chi connectivity index (χ2v) is 4.50. The third-order valence-corrected chi connectivity index (χ3v) is 3.24. The van der Waals surface area contributed by atoms with Gasteiger partial charge in [-0.1, -0.05) is 17.7 Å². The Bertz CT molecular complexity index is 607. The molecule has 0 bridgehead atoms. The van der Waals surface area contributed by atoms with E-state index in [4.69, 9.17) is 11.6 Å². The number of aldehydes is 1. The Hall–Kier alpha value is -1.68. The Labute approximate surface area is 109 Å². The van der Waals surface area contributed by atoms with Crippen molar-refractivity contribution in [3.8, 4) is 0 Å². The van der Waals surface area contributed by atoms with Gasteiger partial charge in [-0.2, -0.15) is 5.10 Å². The van der Waals surface area contributed by atoms with Gasteiger partial charge in [-0.25, -0.2) is 4.39 Å². The monoisotopic (exact) mass is 266 g/mol. The van der Waals surface area contributed by atoms with Crippen LogP contribution in [-0.2, 0) is 6.54 Å². The highest BCUT2D eigenvalue weighted by molar-refractivity contribution is 6.31. The van der Waals surface area contributed by atoms with Crippen molar-refractivity contribution in [2.24, 2.45) is 0 Å². The van der Waals surface area contributed by atoms with Gasteiger partial charge < -0.3 is 0 Å². The average Bonchev–Trinajstić information content (AvgIpc) is 2.58. The molecule has 0 fully saturated rings. The van der Waals surface area contributed by atoms with Crippen LogP contribution in [0.15, 0.2) is 18.2 Å². The largest absolute Gasteiger partial charge is 0.298 e. The highest BCUT2D eigenvalue weighted by atomic mass is 35.5. The molecule has 1 aromatic carbocycles. The minimum absolute atomic E-state index is 0.357. The topological polar surface area (TPSA) is 34.9 Å². The van der Waals surface area contributed by atoms with E-state index in [-0.39, 0.29) is 5.82 Å². The van der Waals surface area contributed by atoms with Crippen LogP contribution in [0.5, 0.6) is 0 Å². The number of halogens is 2. The second kappa shape index (κ2) is 4.90. The minimum Gasteiger partial charge on any atom is -0.298 e. The molecular formula is C13H12ClFN2O. The number of hydrogen-bond acceptors (Lipinski definition) is 2. The van der Waals surface area contributed by atoms with Crippen molar-refractivity contribution in [2.45, 2.75) is 20.4 Å². The summed E-state index contributed by atoms with van der Waals surface area (Å²) < 4.78 is 14.6. The molecule has 0 atom stereocenters. The van der Waals surface area contributed by atoms with Gasteiger partial charge in [0.15, 0.2) is 6.29 Å². The highest BCUT2D eigenvalue weighted by Gasteiger charge is 2.12. The Morgan fingerprint density at radius 3 is 2.72 bits per heavy atom. The van der Waals surface area contributed by atoms with Crippen molar-refractivity contribution in [3.63, 3.8) is 0 Å². The zero-order valence-corrected chi connectivity index (χ0v) is 10.8. The van der Waals surface area contributed by atoms with E-state index in [1.807, 2.05) is 6.92 Å². The predicted octanol–water partition coefficient (Wildman–Crippen LogP) is 3.15. The molecule has 0 saturated carbocycles. The highest BCUT2D eigenvalue weighted by Crippen LogP contribution is 2.20. The van der Waals surface area contributed by atoms with Gasteiger partial charge in [-0.15, -0.1) is 0 Å². The van der Waals surface area contributed by atoms with Crippen LogP contribution in [0.4, 0.5) is 4.39 Å². The van der Waals surface area contributed by atoms with Crippen LogP contribution in [0.25, 0.3) is 0 Å². The maximum absolute atomic E-state index is 12.9. The van der Waals surface area contributed by atoms with Crippen molar-refractivity contribution in [1.29, 1.82) is 0 Å². The summed E-state index contributed by atoms with van der Waals surface area (Å²) >= 11 is 5.96. The molecule has 2 aromatic rings. The van der Waals surface area contributed by atoms with Gasteiger partial charge in [-0.05, 0) is 31.5 Å². The van der Waals surface area contributed by atoms with Crippen molar-refractivity contribution in [2.75, 3.05) is 0 Å². The summed E-state index contributed by atoms with van der Waals surface area (Å²) in [4.78, 5) is 10.9. The van der Waals surface area contributed by atoms with E-state index in [0.29, 0.717) is 22.8 Å². The summed E-state index contributed by atoms with van der Waals surface area (Å²) in [6, 6.07) is 4.24. The van der Waals surface area contributed by atoms with E-state index in [9.17, 15) is 9.18 Å². The zero-order chi connectivity index (χ0) is 13.3. The van der Waals surface area contributed by atoms with Crippen molar-refractivity contribution >= 4 is 17.9 Å². The first kappa shape index (κ1) is 12.8. The number of carbonyl (C=O) groups is 1. The summed E-state index contributed by atoms with van der Waals surface area (Å²) in [6.45, 7) is 4.01. The summed E-state index contributed by atoms with van der Waals surface area (Å²) in [6.07, 6.45) is 0.792. The molecule has 0 aliphatic rings. The Morgan fingerprint density at radius 2 is 2.17 bits per heavy atom. The Kier molecular flexibility index (Phi) is 3.48. The van der Waals surface area contributed by atoms with E-state index < -0.39 is 0 Å². The molecule has 0 spiro atoms. The van der Waals surface area contributed by atoms with E-state index in [0.717, 1.165) is 17.5 Å². The van der Waals surface area contributed by atoms with Crippen LogP contribution in [0.3, 0.4) is 0 Å². The van der Waals surface area contributed by atoms with Crippen LogP contribution in [-0.4, -0.2) is 16.1 Å². The van der Waals surface area contributed by atoms with Crippen molar-refractivity contribution in [1.82, 2.24) is 9.78 Å². The first-order chi connectivity index (χ1) is 8.52. The fourth-order valence-electron chi connectivity index (χ4n) is 1.85. The van der Waals surface area contributed by atoms with Crippen LogP contribution in [0, 0.1) is 19.7 Å². The second-order valence-electron chi connectivity index (χ2n) is 4.10. The quantitative estimate of drug-likeness (QED) is 0.800. The van der Waals surface area contributed by atoms with Crippen LogP contribution < -0.4 is 0 Å². The summed E-state index contributed by atoms with van der Waals surface area (Å²) in [5.41, 5.74) is 2.82. The normalized spacial score (nSPS) is 10.7. The summed E-state index contributed by atoms with van der Waals surface area (Å²) in [5, 5.41) is 4.63. The van der Waals surface area contributed by atoms with E-state index in [1.54, 1.807) is 17.7 Å². The third-order valence-electron chi connectivity index (χ3n) is 2.89. The van der Waals surface area contributed by atoms with Gasteiger partial charge in [0.05, 0.1) is 17.8 Å². The molecule has 0 saturated heterocycles. The number of hydrogen-bond donors (Lipinski definition) is 0. The lowest BCUT2D eigenvalue weighted by Crippen LogP contribution is -2.05. The first-order valence-corrected chi connectivity index (χ1v) is 5.84. The minimum atomic E-state index is -0.370. The van der Waals surface area contributed by atoms with Crippen LogP contribution >= 0.6 is 11.6 Å². The standard InChI is InChI=1S/C13H12ClFN2O/c1-8-12(7-18)9(2)17(16-8)6-10-3-4-11(15)5-13(10)14/h3-5,7H,6H2,1-2H3. The van der Waals surface area contributed by atoms with E-state index in [1.165, 1.54) is 12.1 Å². The molecule has 1 aromatic heterocycles. The molecule has 5 heteroatoms. The molecule has 1 heterocycles. The van der Waals surface area contributed by atoms with Crippen LogP contribution in [0.2, 0.25) is 5.02 Å². The number of aromatic nitrogens is 2. The fourth-order valence-corrected chi connectivity index (χ4v) is 2.07. The molecule has 2 rings (SSSR count). The maximum atomic E-state index is 12.9. The zero-order valence-electron chi connectivity index (χ0n) is 10.1. The van der Waals surface area contributed by atoms with Gasteiger partial charge in [0.2, 0.25) is 0 Å². The molecule has 94 valence electrons. The number of benzene rings is 1. The number of carbonyl (C=O) groups excluding carboxylic acids is 1. The molecule has 0 aliphatic carbocycles. The van der Waals surface area contributed by atoms with E-state index in [2.05, 4.69) is 5.10 Å². The number of rotatable bonds is 3. The first-order valence-electron chi connectivity index (χ1n) is 5.46. The summed E-state index contributed by atoms with van der Waals surface area (Å²) in [5.74, 6) is -0.370. The molecule has 3 nitrogen and oxygen atoms in total. The SMILES string of the molecule is Cc1nn(Cc2ccc(F)cc2Cl)c(C)c1C=O. The van der Waals surface area contributed by atoms with E-state index >= 15 is 0 Å². The van der Waals surface area contributed by atoms with Crippen LogP contribution in [0.1, 0.15) is 27.3 Å². The van der Waals surface area contributed by atoms with Gasteiger partial charge in [-0.3, -0.25) is 9.48 Å². The average molecular weight is 267 g/mol. The number of nitrogens with zero attached hydrogens (tertiary/aromatic N) is 2. The van der Waals surface area contributed by atoms with Gasteiger partial charge in [0.25, 0.3) is 0 Å². The van der Waals surface area contributed by atoms with Crippen molar-refractivity contribution in [3.05, 3.63) is 51.6 Å². The Morgan fingerprint density at radius 1 is 1.44 bits per heavy atom. The molecule has 18 heavy (non-hydrogen) atoms. The third kappa shape index (κ3) is 2.29. The lowest BCUT2D eigenvalue weighted by Gasteiger charge is -2.06. The summed E-state index contributed by atoms with van der Waals surface area (Å²) in [7, 11) is 0. The molecule has 0 amide bonds.